The number of aromatic nitrogens is 4. The molecule has 0 fully saturated rings. The highest BCUT2D eigenvalue weighted by molar-refractivity contribution is 9.10. The van der Waals surface area contributed by atoms with E-state index in [0.717, 1.165) is 38.0 Å². The maximum absolute atomic E-state index is 5.23. The molecule has 0 atom stereocenters. The molecule has 0 spiro atoms. The Balaban J connectivity index is 0.989. The van der Waals surface area contributed by atoms with Crippen molar-refractivity contribution in [3.05, 3.63) is 202 Å². The molecule has 304 valence electrons. The van der Waals surface area contributed by atoms with E-state index in [-0.39, 0.29) is 10.8 Å². The minimum Gasteiger partial charge on any atom is -0.255 e. The number of pyridine rings is 1. The number of benzene rings is 7. The van der Waals surface area contributed by atoms with E-state index < -0.39 is 0 Å². The van der Waals surface area contributed by atoms with Gasteiger partial charge in [0.05, 0.1) is 5.69 Å². The lowest BCUT2D eigenvalue weighted by Crippen LogP contribution is -2.14. The predicted octanol–water partition coefficient (Wildman–Crippen LogP) is 15.3. The summed E-state index contributed by atoms with van der Waals surface area (Å²) >= 11 is 3.94. The molecule has 0 N–H and O–H groups in total. The van der Waals surface area contributed by atoms with Crippen molar-refractivity contribution < 1.29 is 0 Å². The van der Waals surface area contributed by atoms with Crippen molar-refractivity contribution in [1.29, 1.82) is 0 Å². The molecule has 2 aromatic heterocycles. The van der Waals surface area contributed by atoms with Gasteiger partial charge in [0.25, 0.3) is 0 Å². The smallest absolute Gasteiger partial charge is 0.165 e. The van der Waals surface area contributed by atoms with E-state index in [4.69, 9.17) is 19.9 Å². The van der Waals surface area contributed by atoms with Crippen LogP contribution in [0.5, 0.6) is 0 Å². The number of hydrogen-bond acceptors (Lipinski definition) is 4. The standard InChI is InChI=1S/C58H45BrN4/c1-34-27-35(2)29-40(28-34)41-13-7-8-14-42(41)45-23-19-36(32-52(45)59)53-26-22-39(33-60-53)56-62-54(37-20-24-50-46(30-37)43-15-9-11-17-48(43)57(50,3)4)61-55(63-56)38-21-25-51-47(31-38)44-16-10-12-18-49(44)58(51,5)6/h7-33H,1-6H3. The van der Waals surface area contributed by atoms with Crippen LogP contribution in [0.15, 0.2) is 168 Å². The van der Waals surface area contributed by atoms with Crippen molar-refractivity contribution in [1.82, 2.24) is 19.9 Å². The summed E-state index contributed by atoms with van der Waals surface area (Å²) in [6, 6.07) is 56.8. The van der Waals surface area contributed by atoms with Crippen LogP contribution >= 0.6 is 15.9 Å². The molecule has 2 aliphatic carbocycles. The third-order valence-corrected chi connectivity index (χ3v) is 14.0. The highest BCUT2D eigenvalue weighted by atomic mass is 79.9. The number of aryl methyl sites for hydroxylation is 2. The number of rotatable bonds is 6. The monoisotopic (exact) mass is 876 g/mol. The quantitative estimate of drug-likeness (QED) is 0.167. The average Bonchev–Trinajstić information content (AvgIpc) is 3.67. The van der Waals surface area contributed by atoms with Gasteiger partial charge in [-0.15, -0.1) is 0 Å². The predicted molar refractivity (Wildman–Crippen MR) is 263 cm³/mol. The Kier molecular flexibility index (Phi) is 9.08. The first-order chi connectivity index (χ1) is 30.4. The van der Waals surface area contributed by atoms with E-state index in [1.54, 1.807) is 0 Å². The molecule has 0 radical (unpaired) electrons. The second-order valence-electron chi connectivity index (χ2n) is 18.2. The molecule has 0 bridgehead atoms. The summed E-state index contributed by atoms with van der Waals surface area (Å²) in [6.07, 6.45) is 1.89. The summed E-state index contributed by atoms with van der Waals surface area (Å²) in [5, 5.41) is 0. The van der Waals surface area contributed by atoms with Crippen LogP contribution in [0.2, 0.25) is 0 Å². The van der Waals surface area contributed by atoms with Crippen molar-refractivity contribution in [2.75, 3.05) is 0 Å². The first kappa shape index (κ1) is 39.1. The van der Waals surface area contributed by atoms with Crippen LogP contribution in [-0.2, 0) is 10.8 Å². The Morgan fingerprint density at radius 2 is 0.825 bits per heavy atom. The van der Waals surface area contributed by atoms with Crippen LogP contribution in [0.25, 0.3) is 89.9 Å². The Labute approximate surface area is 378 Å². The van der Waals surface area contributed by atoms with Gasteiger partial charge in [0, 0.05) is 43.8 Å². The summed E-state index contributed by atoms with van der Waals surface area (Å²) in [7, 11) is 0. The lowest BCUT2D eigenvalue weighted by Gasteiger charge is -2.21. The van der Waals surface area contributed by atoms with Crippen molar-refractivity contribution in [3.8, 4) is 89.9 Å². The minimum absolute atomic E-state index is 0.0945. The van der Waals surface area contributed by atoms with Crippen molar-refractivity contribution in [2.24, 2.45) is 0 Å². The third kappa shape index (κ3) is 6.48. The van der Waals surface area contributed by atoms with E-state index >= 15 is 0 Å². The Hall–Kier alpha value is -6.82. The number of fused-ring (bicyclic) bond motifs is 6. The zero-order chi connectivity index (χ0) is 43.2. The molecular formula is C58H45BrN4. The van der Waals surface area contributed by atoms with Gasteiger partial charge in [0.1, 0.15) is 0 Å². The topological polar surface area (TPSA) is 51.6 Å². The fourth-order valence-corrected chi connectivity index (χ4v) is 10.8. The molecule has 11 rings (SSSR count). The van der Waals surface area contributed by atoms with Crippen LogP contribution in [0.4, 0.5) is 0 Å². The van der Waals surface area contributed by atoms with Crippen LogP contribution in [0, 0.1) is 13.8 Å². The van der Waals surface area contributed by atoms with Gasteiger partial charge >= 0.3 is 0 Å². The van der Waals surface area contributed by atoms with Crippen molar-refractivity contribution in [2.45, 2.75) is 52.4 Å². The van der Waals surface area contributed by atoms with Crippen molar-refractivity contribution >= 4 is 15.9 Å². The highest BCUT2D eigenvalue weighted by Crippen LogP contribution is 2.51. The second-order valence-corrected chi connectivity index (χ2v) is 19.1. The van der Waals surface area contributed by atoms with E-state index in [1.807, 2.05) is 6.20 Å². The SMILES string of the molecule is Cc1cc(C)cc(-c2ccccc2-c2ccc(-c3ccc(-c4nc(-c5ccc6c(c5)-c5ccccc5C6(C)C)nc(-c5ccc6c(c5)-c5ccccc5C6(C)C)n4)cn3)cc2Br)c1. The van der Waals surface area contributed by atoms with Crippen molar-refractivity contribution in [3.63, 3.8) is 0 Å². The molecule has 2 heterocycles. The second kappa shape index (κ2) is 14.6. The van der Waals surface area contributed by atoms with Crippen LogP contribution < -0.4 is 0 Å². The fourth-order valence-electron chi connectivity index (χ4n) is 10.2. The number of nitrogens with zero attached hydrogens (tertiary/aromatic N) is 4. The van der Waals surface area contributed by atoms with Gasteiger partial charge < -0.3 is 0 Å². The zero-order valence-electron chi connectivity index (χ0n) is 36.3. The first-order valence-corrected chi connectivity index (χ1v) is 22.4. The van der Waals surface area contributed by atoms with Gasteiger partial charge in [-0.2, -0.15) is 0 Å². The summed E-state index contributed by atoms with van der Waals surface area (Å²) in [4.78, 5) is 20.6. The zero-order valence-corrected chi connectivity index (χ0v) is 37.8. The first-order valence-electron chi connectivity index (χ1n) is 21.6. The summed E-state index contributed by atoms with van der Waals surface area (Å²) < 4.78 is 1.01. The molecule has 4 nitrogen and oxygen atoms in total. The Bertz CT molecular complexity index is 3180. The van der Waals surface area contributed by atoms with Gasteiger partial charge in [-0.1, -0.05) is 182 Å². The molecule has 9 aromatic rings. The summed E-state index contributed by atoms with van der Waals surface area (Å²) in [5.41, 5.74) is 21.9. The number of hydrogen-bond donors (Lipinski definition) is 0. The largest absolute Gasteiger partial charge is 0.255 e. The highest BCUT2D eigenvalue weighted by Gasteiger charge is 2.37. The molecule has 0 unspecified atom stereocenters. The van der Waals surface area contributed by atoms with Crippen LogP contribution in [-0.4, -0.2) is 19.9 Å². The molecule has 63 heavy (non-hydrogen) atoms. The summed E-state index contributed by atoms with van der Waals surface area (Å²) in [6.45, 7) is 13.5. The summed E-state index contributed by atoms with van der Waals surface area (Å²) in [5.74, 6) is 1.84. The number of halogens is 1. The van der Waals surface area contributed by atoms with Gasteiger partial charge in [-0.05, 0) is 111 Å². The van der Waals surface area contributed by atoms with Gasteiger partial charge in [-0.3, -0.25) is 4.98 Å². The molecule has 2 aliphatic rings. The van der Waals surface area contributed by atoms with Gasteiger partial charge in [0.15, 0.2) is 17.5 Å². The Morgan fingerprint density at radius 3 is 1.35 bits per heavy atom. The van der Waals surface area contributed by atoms with Gasteiger partial charge in [-0.25, -0.2) is 15.0 Å². The minimum atomic E-state index is -0.0945. The lowest BCUT2D eigenvalue weighted by molar-refractivity contribution is 0.660. The van der Waals surface area contributed by atoms with E-state index in [0.29, 0.717) is 17.5 Å². The Morgan fingerprint density at radius 1 is 0.365 bits per heavy atom. The molecular weight excluding hydrogens is 833 g/mol. The average molecular weight is 878 g/mol. The van der Waals surface area contributed by atoms with E-state index in [2.05, 4.69) is 215 Å². The van der Waals surface area contributed by atoms with Gasteiger partial charge in [0.2, 0.25) is 0 Å². The van der Waals surface area contributed by atoms with E-state index in [9.17, 15) is 0 Å². The third-order valence-electron chi connectivity index (χ3n) is 13.4. The molecule has 0 saturated carbocycles. The maximum atomic E-state index is 5.23. The molecule has 0 aliphatic heterocycles. The van der Waals surface area contributed by atoms with Crippen LogP contribution in [0.3, 0.4) is 0 Å². The maximum Gasteiger partial charge on any atom is 0.165 e. The fraction of sp³-hybridized carbons (Fsp3) is 0.138. The van der Waals surface area contributed by atoms with E-state index in [1.165, 1.54) is 72.3 Å². The molecule has 0 saturated heterocycles. The molecule has 5 heteroatoms. The molecule has 0 amide bonds. The molecule has 7 aromatic carbocycles. The lowest BCUT2D eigenvalue weighted by atomic mass is 9.82. The van der Waals surface area contributed by atoms with Crippen LogP contribution in [0.1, 0.15) is 61.1 Å². The normalized spacial score (nSPS) is 13.9.